The molecule has 0 bridgehead atoms. The Morgan fingerprint density at radius 2 is 1.72 bits per heavy atom. The zero-order valence-electron chi connectivity index (χ0n) is 20.2. The first-order valence-electron chi connectivity index (χ1n) is 10.8. The molecule has 0 spiro atoms. The Labute approximate surface area is 208 Å². The van der Waals surface area contributed by atoms with Crippen molar-refractivity contribution in [2.75, 3.05) is 25.0 Å². The van der Waals surface area contributed by atoms with Crippen molar-refractivity contribution in [2.45, 2.75) is 31.1 Å². The van der Waals surface area contributed by atoms with E-state index in [0.717, 1.165) is 5.56 Å². The lowest BCUT2D eigenvalue weighted by Gasteiger charge is -2.19. The highest BCUT2D eigenvalue weighted by Gasteiger charge is 2.26. The summed E-state index contributed by atoms with van der Waals surface area (Å²) >= 11 is 0. The molecule has 1 aromatic heterocycles. The minimum atomic E-state index is -4.23. The fourth-order valence-corrected chi connectivity index (χ4v) is 4.03. The van der Waals surface area contributed by atoms with Crippen LogP contribution in [0.5, 0.6) is 23.1 Å². The molecule has 11 nitrogen and oxygen atoms in total. The van der Waals surface area contributed by atoms with E-state index >= 15 is 0 Å². The lowest BCUT2D eigenvalue weighted by molar-refractivity contribution is 0.0681. The first-order chi connectivity index (χ1) is 16.9. The van der Waals surface area contributed by atoms with Gasteiger partial charge in [0, 0.05) is 6.07 Å². The summed E-state index contributed by atoms with van der Waals surface area (Å²) in [6, 6.07) is 12.7. The molecule has 0 fully saturated rings. The molecule has 3 aromatic rings. The molecule has 0 amide bonds. The molecule has 3 N–H and O–H groups in total. The smallest absolute Gasteiger partial charge is 0.374 e. The number of rotatable bonds is 10. The summed E-state index contributed by atoms with van der Waals surface area (Å²) in [6.07, 6.45) is 0. The molecule has 0 saturated carbocycles. The van der Waals surface area contributed by atoms with Crippen molar-refractivity contribution in [3.8, 4) is 23.1 Å². The number of sulfonamides is 1. The Morgan fingerprint density at radius 3 is 2.31 bits per heavy atom. The number of methoxy groups -OCH3 is 1. The number of aliphatic hydroxyl groups excluding tert-OH is 1. The Morgan fingerprint density at radius 1 is 1.06 bits per heavy atom. The van der Waals surface area contributed by atoms with Crippen molar-refractivity contribution in [1.29, 1.82) is 0 Å². The fourth-order valence-electron chi connectivity index (χ4n) is 3.03. The summed E-state index contributed by atoms with van der Waals surface area (Å²) in [4.78, 5) is 19.2. The van der Waals surface area contributed by atoms with Crippen molar-refractivity contribution < 1.29 is 37.6 Å². The van der Waals surface area contributed by atoms with Gasteiger partial charge in [-0.3, -0.25) is 4.72 Å². The third-order valence-electron chi connectivity index (χ3n) is 4.88. The molecule has 0 radical (unpaired) electrons. The van der Waals surface area contributed by atoms with Crippen molar-refractivity contribution in [1.82, 2.24) is 9.97 Å². The molecule has 36 heavy (non-hydrogen) atoms. The predicted molar refractivity (Wildman–Crippen MR) is 131 cm³/mol. The number of aromatic nitrogens is 2. The van der Waals surface area contributed by atoms with Gasteiger partial charge in [0.15, 0.2) is 5.82 Å². The third kappa shape index (κ3) is 6.40. The van der Waals surface area contributed by atoms with Gasteiger partial charge < -0.3 is 24.4 Å². The number of anilines is 1. The van der Waals surface area contributed by atoms with E-state index in [1.54, 1.807) is 30.3 Å². The number of nitrogens with zero attached hydrogens (tertiary/aromatic N) is 2. The van der Waals surface area contributed by atoms with Crippen LogP contribution in [0.3, 0.4) is 0 Å². The summed E-state index contributed by atoms with van der Waals surface area (Å²) in [7, 11) is -2.76. The number of carbonyl (C=O) groups is 1. The Bertz CT molecular complexity index is 1340. The maximum absolute atomic E-state index is 13.2. The maximum Gasteiger partial charge on any atom is 0.374 e. The average molecular weight is 518 g/mol. The highest BCUT2D eigenvalue weighted by molar-refractivity contribution is 7.92. The highest BCUT2D eigenvalue weighted by atomic mass is 32.2. The van der Waals surface area contributed by atoms with Gasteiger partial charge in [-0.15, -0.1) is 0 Å². The molecule has 0 atom stereocenters. The molecule has 0 unspecified atom stereocenters. The second-order valence-electron chi connectivity index (χ2n) is 8.57. The van der Waals surface area contributed by atoms with Crippen molar-refractivity contribution in [3.63, 3.8) is 0 Å². The van der Waals surface area contributed by atoms with E-state index in [4.69, 9.17) is 14.2 Å². The highest BCUT2D eigenvalue weighted by Crippen LogP contribution is 2.38. The predicted octanol–water partition coefficient (Wildman–Crippen LogP) is 3.45. The molecular formula is C24H27N3O8S. The molecule has 0 aliphatic heterocycles. The second-order valence-corrected chi connectivity index (χ2v) is 10.3. The number of hydrogen-bond acceptors (Lipinski definition) is 9. The zero-order valence-corrected chi connectivity index (χ0v) is 21.0. The van der Waals surface area contributed by atoms with Gasteiger partial charge in [-0.25, -0.2) is 13.2 Å². The van der Waals surface area contributed by atoms with E-state index in [-0.39, 0.29) is 34.3 Å². The standard InChI is InChI=1S/C24H27N3O8S/c1-24(2,3)15-8-10-18(11-9-15)36(31,32)27-20-19(35-17-7-5-6-16(14-17)33-4)22(34-13-12-28)26-21(25-20)23(29)30/h5-11,14,28H,12-13H2,1-4H3,(H,29,30)(H,25,26,27). The molecular weight excluding hydrogens is 490 g/mol. The van der Waals surface area contributed by atoms with Crippen LogP contribution in [0.1, 0.15) is 37.0 Å². The van der Waals surface area contributed by atoms with E-state index < -0.39 is 34.2 Å². The second kappa shape index (κ2) is 10.8. The van der Waals surface area contributed by atoms with E-state index in [9.17, 15) is 23.4 Å². The summed E-state index contributed by atoms with van der Waals surface area (Å²) in [5, 5.41) is 18.7. The average Bonchev–Trinajstić information content (AvgIpc) is 2.83. The number of ether oxygens (including phenoxy) is 3. The van der Waals surface area contributed by atoms with Gasteiger partial charge in [0.05, 0.1) is 18.6 Å². The number of carboxylic acid groups (broad SMARTS) is 1. The summed E-state index contributed by atoms with van der Waals surface area (Å²) < 4.78 is 45.0. The molecule has 2 aromatic carbocycles. The van der Waals surface area contributed by atoms with E-state index in [2.05, 4.69) is 14.7 Å². The van der Waals surface area contributed by atoms with Crippen molar-refractivity contribution in [3.05, 3.63) is 59.9 Å². The number of hydrogen-bond donors (Lipinski definition) is 3. The van der Waals surface area contributed by atoms with Gasteiger partial charge in [-0.1, -0.05) is 39.0 Å². The van der Waals surface area contributed by atoms with Gasteiger partial charge in [-0.05, 0) is 35.2 Å². The van der Waals surface area contributed by atoms with Crippen LogP contribution in [0.15, 0.2) is 53.4 Å². The molecule has 0 saturated heterocycles. The maximum atomic E-state index is 13.2. The lowest BCUT2D eigenvalue weighted by Crippen LogP contribution is -2.18. The lowest BCUT2D eigenvalue weighted by atomic mass is 9.87. The van der Waals surface area contributed by atoms with Crippen LogP contribution in [0.4, 0.5) is 5.82 Å². The largest absolute Gasteiger partial charge is 0.497 e. The van der Waals surface area contributed by atoms with E-state index in [1.807, 2.05) is 20.8 Å². The Kier molecular flexibility index (Phi) is 8.00. The Balaban J connectivity index is 2.10. The molecule has 3 rings (SSSR count). The van der Waals surface area contributed by atoms with E-state index in [1.165, 1.54) is 25.3 Å². The Hall–Kier alpha value is -3.90. The fraction of sp³-hybridized carbons (Fsp3) is 0.292. The number of aliphatic hydroxyl groups is 1. The molecule has 192 valence electrons. The van der Waals surface area contributed by atoms with Crippen LogP contribution in [0.2, 0.25) is 0 Å². The quantitative estimate of drug-likeness (QED) is 0.364. The number of aromatic carboxylic acids is 1. The van der Waals surface area contributed by atoms with Gasteiger partial charge in [0.25, 0.3) is 15.9 Å². The summed E-state index contributed by atoms with van der Waals surface area (Å²) in [6.45, 7) is 5.33. The van der Waals surface area contributed by atoms with Crippen molar-refractivity contribution >= 4 is 21.8 Å². The van der Waals surface area contributed by atoms with Crippen LogP contribution >= 0.6 is 0 Å². The first-order valence-corrected chi connectivity index (χ1v) is 12.3. The minimum Gasteiger partial charge on any atom is -0.497 e. The van der Waals surface area contributed by atoms with E-state index in [0.29, 0.717) is 5.75 Å². The minimum absolute atomic E-state index is 0.0730. The monoisotopic (exact) mass is 517 g/mol. The first kappa shape index (κ1) is 26.7. The van der Waals surface area contributed by atoms with Gasteiger partial charge in [0.2, 0.25) is 11.6 Å². The van der Waals surface area contributed by atoms with Crippen molar-refractivity contribution in [2.24, 2.45) is 0 Å². The van der Waals surface area contributed by atoms with Crippen LogP contribution in [-0.2, 0) is 15.4 Å². The van der Waals surface area contributed by atoms with Gasteiger partial charge >= 0.3 is 5.97 Å². The van der Waals surface area contributed by atoms with Crippen LogP contribution in [0.25, 0.3) is 0 Å². The zero-order chi connectivity index (χ0) is 26.5. The molecule has 1 heterocycles. The third-order valence-corrected chi connectivity index (χ3v) is 6.23. The number of benzene rings is 2. The van der Waals surface area contributed by atoms with Crippen LogP contribution in [0, 0.1) is 0 Å². The SMILES string of the molecule is COc1cccc(Oc2c(NS(=O)(=O)c3ccc(C(C)(C)C)cc3)nc(C(=O)O)nc2OCCO)c1. The number of nitrogens with one attached hydrogen (secondary N) is 1. The van der Waals surface area contributed by atoms with Gasteiger partial charge in [0.1, 0.15) is 18.1 Å². The topological polar surface area (TPSA) is 157 Å². The van der Waals surface area contributed by atoms with Crippen LogP contribution in [-0.4, -0.2) is 54.9 Å². The summed E-state index contributed by atoms with van der Waals surface area (Å²) in [5.41, 5.74) is 0.744. The molecule has 0 aliphatic carbocycles. The molecule has 12 heteroatoms. The normalized spacial score (nSPS) is 11.6. The number of carboxylic acids is 1. The summed E-state index contributed by atoms with van der Waals surface area (Å²) in [5.74, 6) is -2.72. The van der Waals surface area contributed by atoms with Crippen LogP contribution < -0.4 is 18.9 Å². The molecule has 0 aliphatic rings. The van der Waals surface area contributed by atoms with Gasteiger partial charge in [-0.2, -0.15) is 9.97 Å².